The van der Waals surface area contributed by atoms with Crippen LogP contribution in [0.1, 0.15) is 45.6 Å². The zero-order valence-corrected chi connectivity index (χ0v) is 12.9. The second-order valence-electron chi connectivity index (χ2n) is 6.29. The number of amides is 1. The van der Waals surface area contributed by atoms with E-state index in [4.69, 9.17) is 0 Å². The molecule has 2 atom stereocenters. The minimum absolute atomic E-state index is 0.219. The van der Waals surface area contributed by atoms with Crippen molar-refractivity contribution >= 4 is 5.91 Å². The maximum atomic E-state index is 13.7. The fourth-order valence-corrected chi connectivity index (χ4v) is 2.41. The molecule has 1 aromatic carbocycles. The van der Waals surface area contributed by atoms with Crippen LogP contribution in [0.25, 0.3) is 0 Å². The van der Waals surface area contributed by atoms with Gasteiger partial charge in [-0.2, -0.15) is 0 Å². The molecule has 2 N–H and O–H groups in total. The van der Waals surface area contributed by atoms with E-state index in [0.717, 1.165) is 12.1 Å². The molecule has 0 heterocycles. The summed E-state index contributed by atoms with van der Waals surface area (Å²) in [6.45, 7) is 7.30. The highest BCUT2D eigenvalue weighted by Gasteiger charge is 2.25. The van der Waals surface area contributed by atoms with Crippen molar-refractivity contribution in [2.24, 2.45) is 5.41 Å². The zero-order valence-electron chi connectivity index (χ0n) is 12.9. The number of carbonyl (C=O) groups is 1. The molecule has 0 saturated carbocycles. The Hall–Kier alpha value is -1.49. The Morgan fingerprint density at radius 1 is 1.29 bits per heavy atom. The van der Waals surface area contributed by atoms with Gasteiger partial charge in [0.1, 0.15) is 11.6 Å². The van der Waals surface area contributed by atoms with E-state index >= 15 is 0 Å². The van der Waals surface area contributed by atoms with E-state index in [1.807, 2.05) is 13.8 Å². The third-order valence-electron chi connectivity index (χ3n) is 3.42. The Balaban J connectivity index is 2.72. The molecule has 1 amide bonds. The molecule has 1 rings (SSSR count). The van der Waals surface area contributed by atoms with Crippen molar-refractivity contribution in [1.82, 2.24) is 5.32 Å². The van der Waals surface area contributed by atoms with Crippen LogP contribution < -0.4 is 5.32 Å². The summed E-state index contributed by atoms with van der Waals surface area (Å²) in [6, 6.07) is 3.55. The van der Waals surface area contributed by atoms with Crippen LogP contribution in [0.2, 0.25) is 0 Å². The highest BCUT2D eigenvalue weighted by Crippen LogP contribution is 2.24. The summed E-state index contributed by atoms with van der Waals surface area (Å²) in [4.78, 5) is 12.1. The predicted octanol–water partition coefficient (Wildman–Crippen LogP) is 2.98. The van der Waals surface area contributed by atoms with E-state index in [2.05, 4.69) is 5.32 Å². The third kappa shape index (κ3) is 5.08. The number of benzene rings is 1. The van der Waals surface area contributed by atoms with Gasteiger partial charge in [0.2, 0.25) is 5.91 Å². The highest BCUT2D eigenvalue weighted by atomic mass is 19.1. The summed E-state index contributed by atoms with van der Waals surface area (Å²) in [5.41, 5.74) is -0.513. The van der Waals surface area contributed by atoms with Gasteiger partial charge < -0.3 is 10.4 Å². The van der Waals surface area contributed by atoms with E-state index in [0.29, 0.717) is 13.0 Å². The molecular weight excluding hydrogens is 276 g/mol. The maximum Gasteiger partial charge on any atom is 0.227 e. The number of aliphatic hydroxyl groups is 1. The number of hydrogen-bond acceptors (Lipinski definition) is 2. The fraction of sp³-hybridized carbons (Fsp3) is 0.562. The van der Waals surface area contributed by atoms with Crippen molar-refractivity contribution in [1.29, 1.82) is 0 Å². The molecule has 0 bridgehead atoms. The molecule has 0 saturated heterocycles. The molecule has 21 heavy (non-hydrogen) atoms. The van der Waals surface area contributed by atoms with Gasteiger partial charge in [0.25, 0.3) is 0 Å². The van der Waals surface area contributed by atoms with Crippen LogP contribution in [-0.4, -0.2) is 23.7 Å². The zero-order chi connectivity index (χ0) is 16.2. The molecule has 0 aliphatic carbocycles. The second-order valence-corrected chi connectivity index (χ2v) is 6.29. The van der Waals surface area contributed by atoms with E-state index in [1.54, 1.807) is 6.92 Å². The van der Waals surface area contributed by atoms with Crippen LogP contribution in [0.4, 0.5) is 8.78 Å². The molecule has 0 fully saturated rings. The van der Waals surface area contributed by atoms with Crippen LogP contribution in [0, 0.1) is 17.0 Å². The lowest BCUT2D eigenvalue weighted by Gasteiger charge is -2.27. The molecule has 118 valence electrons. The number of rotatable bonds is 6. The average Bonchev–Trinajstić information content (AvgIpc) is 2.34. The van der Waals surface area contributed by atoms with E-state index < -0.39 is 29.6 Å². The van der Waals surface area contributed by atoms with Crippen LogP contribution >= 0.6 is 0 Å². The van der Waals surface area contributed by atoms with Gasteiger partial charge in [-0.3, -0.25) is 4.79 Å². The summed E-state index contributed by atoms with van der Waals surface area (Å²) >= 11 is 0. The Labute approximate surface area is 124 Å². The van der Waals surface area contributed by atoms with Crippen molar-refractivity contribution in [3.05, 3.63) is 35.4 Å². The smallest absolute Gasteiger partial charge is 0.227 e. The average molecular weight is 299 g/mol. The lowest BCUT2D eigenvalue weighted by atomic mass is 9.86. The van der Waals surface area contributed by atoms with Gasteiger partial charge >= 0.3 is 0 Å². The van der Waals surface area contributed by atoms with Crippen LogP contribution in [-0.2, 0) is 4.79 Å². The number of carbonyl (C=O) groups excluding carboxylic acids is 1. The molecular formula is C16H23F2NO2. The summed E-state index contributed by atoms with van der Waals surface area (Å²) < 4.78 is 27.3. The predicted molar refractivity (Wildman–Crippen MR) is 77.9 cm³/mol. The minimum atomic E-state index is -0.909. The van der Waals surface area contributed by atoms with Gasteiger partial charge in [0.05, 0.1) is 12.0 Å². The Morgan fingerprint density at radius 2 is 1.81 bits per heavy atom. The van der Waals surface area contributed by atoms with E-state index in [-0.39, 0.29) is 11.0 Å². The molecule has 5 heteroatoms. The Morgan fingerprint density at radius 3 is 2.29 bits per heavy atom. The molecule has 2 unspecified atom stereocenters. The number of nitrogens with one attached hydrogen (secondary N) is 1. The standard InChI is InChI=1S/C16H23F2NO2/c1-10(20)8-16(3,4)9-19-15(21)11(2)14-12(17)6-5-7-13(14)18/h5-7,10-11,20H,8-9H2,1-4H3,(H,19,21). The number of halogens is 2. The summed E-state index contributed by atoms with van der Waals surface area (Å²) in [5.74, 6) is -2.78. The van der Waals surface area contributed by atoms with Crippen LogP contribution in [0.5, 0.6) is 0 Å². The van der Waals surface area contributed by atoms with Crippen molar-refractivity contribution in [3.8, 4) is 0 Å². The summed E-state index contributed by atoms with van der Waals surface area (Å²) in [6.07, 6.45) is 0.0498. The molecule has 0 aliphatic rings. The van der Waals surface area contributed by atoms with Crippen molar-refractivity contribution in [2.45, 2.75) is 46.1 Å². The van der Waals surface area contributed by atoms with Crippen LogP contribution in [0.15, 0.2) is 18.2 Å². The van der Waals surface area contributed by atoms with Crippen molar-refractivity contribution < 1.29 is 18.7 Å². The normalized spacial score (nSPS) is 14.6. The quantitative estimate of drug-likeness (QED) is 0.848. The maximum absolute atomic E-state index is 13.7. The van der Waals surface area contributed by atoms with Crippen molar-refractivity contribution in [3.63, 3.8) is 0 Å². The molecule has 0 spiro atoms. The third-order valence-corrected chi connectivity index (χ3v) is 3.42. The SMILES string of the molecule is CC(O)CC(C)(C)CNC(=O)C(C)c1c(F)cccc1F. The first-order valence-corrected chi connectivity index (χ1v) is 7.04. The largest absolute Gasteiger partial charge is 0.393 e. The number of aliphatic hydroxyl groups excluding tert-OH is 1. The minimum Gasteiger partial charge on any atom is -0.393 e. The first-order valence-electron chi connectivity index (χ1n) is 7.04. The van der Waals surface area contributed by atoms with Gasteiger partial charge in [-0.15, -0.1) is 0 Å². The Bertz CT molecular complexity index is 481. The van der Waals surface area contributed by atoms with Gasteiger partial charge in [-0.1, -0.05) is 19.9 Å². The van der Waals surface area contributed by atoms with E-state index in [1.165, 1.54) is 13.0 Å². The number of hydrogen-bond donors (Lipinski definition) is 2. The summed E-state index contributed by atoms with van der Waals surface area (Å²) in [5, 5.41) is 12.1. The monoisotopic (exact) mass is 299 g/mol. The molecule has 0 radical (unpaired) electrons. The van der Waals surface area contributed by atoms with Gasteiger partial charge in [-0.25, -0.2) is 8.78 Å². The second kappa shape index (κ2) is 6.98. The molecule has 0 aliphatic heterocycles. The lowest BCUT2D eigenvalue weighted by molar-refractivity contribution is -0.122. The fourth-order valence-electron chi connectivity index (χ4n) is 2.41. The van der Waals surface area contributed by atoms with Gasteiger partial charge in [0, 0.05) is 12.1 Å². The topological polar surface area (TPSA) is 49.3 Å². The highest BCUT2D eigenvalue weighted by molar-refractivity contribution is 5.83. The first-order chi connectivity index (χ1) is 9.64. The van der Waals surface area contributed by atoms with Crippen molar-refractivity contribution in [2.75, 3.05) is 6.54 Å². The Kier molecular flexibility index (Phi) is 5.84. The molecule has 3 nitrogen and oxygen atoms in total. The molecule has 1 aromatic rings. The molecule has 0 aromatic heterocycles. The van der Waals surface area contributed by atoms with Gasteiger partial charge in [0.15, 0.2) is 0 Å². The van der Waals surface area contributed by atoms with Gasteiger partial charge in [-0.05, 0) is 37.8 Å². The lowest BCUT2D eigenvalue weighted by Crippen LogP contribution is -2.38. The summed E-state index contributed by atoms with van der Waals surface area (Å²) in [7, 11) is 0. The van der Waals surface area contributed by atoms with E-state index in [9.17, 15) is 18.7 Å². The first kappa shape index (κ1) is 17.6. The van der Waals surface area contributed by atoms with Crippen LogP contribution in [0.3, 0.4) is 0 Å².